The normalized spacial score (nSPS) is 12.2. The van der Waals surface area contributed by atoms with Crippen molar-refractivity contribution in [1.82, 2.24) is 22.2 Å². The lowest BCUT2D eigenvalue weighted by molar-refractivity contribution is 0.669. The SMILES string of the molecule is O=c1c2ccccc2c2cc(-c3ccc4c5ccccc5n(-c5ccccc5)c4c3)cc3c4ccccc4n1c23.O=c1c2ccccc2c2cc(-c3ccc4oc5ccccc5c4c3)cc3c4ccccc4n1c23.O=c1c2ccccc2c2cc(-c3ccc4sc5ccccc5c4c3)cc3c4ccccc4n1c23.O=c1c2ccccc2c2cc(-c3cccc4c3oc3ccccc34)cc3c4ccccc4n1c23. The third kappa shape index (κ3) is 11.5. The minimum absolute atomic E-state index is 0.0291. The maximum Gasteiger partial charge on any atom is 0.263 e. The van der Waals surface area contributed by atoms with Crippen molar-refractivity contribution in [2.45, 2.75) is 0 Å². The van der Waals surface area contributed by atoms with Crippen molar-refractivity contribution in [3.63, 3.8) is 0 Å². The lowest BCUT2D eigenvalue weighted by Gasteiger charge is -2.11. The Balaban J connectivity index is 0.0000000888. The van der Waals surface area contributed by atoms with Crippen molar-refractivity contribution in [3.8, 4) is 50.2 Å². The number of aromatic nitrogens is 5. The van der Waals surface area contributed by atoms with Gasteiger partial charge in [0, 0.05) is 150 Å². The van der Waals surface area contributed by atoms with E-state index in [2.05, 4.69) is 284 Å². The fraction of sp³-hybridized carbons (Fsp3) is 0. The second-order valence-electron chi connectivity index (χ2n) is 37.3. The molecule has 660 valence electrons. The highest BCUT2D eigenvalue weighted by Crippen LogP contribution is 2.48. The van der Waals surface area contributed by atoms with Crippen LogP contribution in [0.25, 0.3) is 288 Å². The molecule has 0 spiro atoms. The molecule has 142 heavy (non-hydrogen) atoms. The summed E-state index contributed by atoms with van der Waals surface area (Å²) in [6.45, 7) is 0. The minimum atomic E-state index is 0.0291. The summed E-state index contributed by atoms with van der Waals surface area (Å²) >= 11 is 1.84. The van der Waals surface area contributed by atoms with Gasteiger partial charge in [-0.2, -0.15) is 0 Å². The summed E-state index contributed by atoms with van der Waals surface area (Å²) in [5, 5.41) is 29.7. The number of pyridine rings is 4. The number of nitrogens with zero attached hydrogens (tertiary/aromatic N) is 5. The molecule has 12 aromatic heterocycles. The first-order valence-corrected chi connectivity index (χ1v) is 48.6. The van der Waals surface area contributed by atoms with E-state index < -0.39 is 0 Å². The van der Waals surface area contributed by atoms with Crippen molar-refractivity contribution in [2.75, 3.05) is 0 Å². The van der Waals surface area contributed by atoms with Gasteiger partial charge in [-0.05, 0) is 224 Å². The molecule has 0 radical (unpaired) electrons. The molecule has 12 heterocycles. The molecular formula is C130H73N5O6S. The fourth-order valence-corrected chi connectivity index (χ4v) is 24.7. The standard InChI is InChI=1S/C37H22N2O.2C31H17NO2.C31H17NOS/c40-37-30-15-5-4-12-26(30)31-20-24(21-32-28-14-7-9-17-34(28)39(37)36(31)32)23-18-19-29-27-13-6-8-16-33(27)38(35(29)22-23)25-10-2-1-3-11-25;33-31-24-11-2-1-8-20(24)25-16-18(17-26-21-9-3-5-14-27(21)32(31)29(25)26)19-12-7-13-23-22-10-4-6-15-28(22)34-30(19)23;2*33-31-23-10-2-1-7-20(23)25-16-19(17-26-21-8-3-5-11-27(21)32(31)30(25)26)18-13-14-29-24(15-18)22-9-4-6-12-28(22)34-29/h1-22H;3*1-17H. The molecule has 11 nitrogen and oxygen atoms in total. The fourth-order valence-electron chi connectivity index (χ4n) is 23.6. The Morgan fingerprint density at radius 1 is 0.169 bits per heavy atom. The van der Waals surface area contributed by atoms with E-state index in [1.54, 1.807) is 0 Å². The lowest BCUT2D eigenvalue weighted by Crippen LogP contribution is -2.12. The van der Waals surface area contributed by atoms with Crippen LogP contribution in [-0.2, 0) is 0 Å². The zero-order valence-electron chi connectivity index (χ0n) is 75.7. The smallest absolute Gasteiger partial charge is 0.263 e. The Bertz CT molecular complexity index is 11200. The first-order valence-electron chi connectivity index (χ1n) is 47.8. The summed E-state index contributed by atoms with van der Waals surface area (Å²) in [6.07, 6.45) is 0. The van der Waals surface area contributed by atoms with Crippen LogP contribution < -0.4 is 22.2 Å². The number of benzene rings is 21. The van der Waals surface area contributed by atoms with Crippen molar-refractivity contribution in [2.24, 2.45) is 0 Å². The van der Waals surface area contributed by atoms with Gasteiger partial charge >= 0.3 is 0 Å². The maximum absolute atomic E-state index is 13.7. The highest BCUT2D eigenvalue weighted by molar-refractivity contribution is 7.25. The van der Waals surface area contributed by atoms with E-state index in [1.807, 2.05) is 193 Å². The van der Waals surface area contributed by atoms with E-state index in [-0.39, 0.29) is 22.2 Å². The van der Waals surface area contributed by atoms with Crippen molar-refractivity contribution in [1.29, 1.82) is 0 Å². The van der Waals surface area contributed by atoms with E-state index in [0.717, 1.165) is 235 Å². The summed E-state index contributed by atoms with van der Waals surface area (Å²) in [6, 6.07) is 153. The van der Waals surface area contributed by atoms with Gasteiger partial charge in [0.2, 0.25) is 0 Å². The van der Waals surface area contributed by atoms with Gasteiger partial charge < -0.3 is 13.4 Å². The quantitative estimate of drug-likeness (QED) is 0.158. The van der Waals surface area contributed by atoms with Gasteiger partial charge in [-0.1, -0.05) is 279 Å². The molecule has 0 fully saturated rings. The van der Waals surface area contributed by atoms with Gasteiger partial charge in [0.25, 0.3) is 22.2 Å². The van der Waals surface area contributed by atoms with Crippen LogP contribution in [0, 0.1) is 0 Å². The minimum Gasteiger partial charge on any atom is -0.456 e. The summed E-state index contributed by atoms with van der Waals surface area (Å²) in [5.41, 5.74) is 24.1. The highest BCUT2D eigenvalue weighted by atomic mass is 32.1. The van der Waals surface area contributed by atoms with Crippen LogP contribution in [0.15, 0.2) is 471 Å². The largest absolute Gasteiger partial charge is 0.456 e. The van der Waals surface area contributed by atoms with Crippen molar-refractivity contribution < 1.29 is 8.83 Å². The molecular weight excluding hydrogens is 1760 g/mol. The number of fused-ring (bicyclic) bond motifs is 32. The number of hydrogen-bond donors (Lipinski definition) is 0. The molecule has 12 heteroatoms. The summed E-state index contributed by atoms with van der Waals surface area (Å²) in [7, 11) is 0. The van der Waals surface area contributed by atoms with E-state index in [1.165, 1.54) is 53.1 Å². The molecule has 0 atom stereocenters. The Morgan fingerprint density at radius 3 is 0.923 bits per heavy atom. The summed E-state index contributed by atoms with van der Waals surface area (Å²) in [4.78, 5) is 54.3. The lowest BCUT2D eigenvalue weighted by atomic mass is 9.96. The molecule has 33 rings (SSSR count). The van der Waals surface area contributed by atoms with E-state index in [0.29, 0.717) is 0 Å². The molecule has 0 amide bonds. The molecule has 0 aliphatic rings. The third-order valence-corrected chi connectivity index (χ3v) is 31.0. The Kier molecular flexibility index (Phi) is 16.9. The molecule has 0 N–H and O–H groups in total. The number of para-hydroxylation sites is 9. The summed E-state index contributed by atoms with van der Waals surface area (Å²) in [5.74, 6) is 0. The molecule has 0 aliphatic heterocycles. The molecule has 0 aliphatic carbocycles. The maximum atomic E-state index is 13.7. The van der Waals surface area contributed by atoms with Crippen LogP contribution >= 0.6 is 11.3 Å². The number of furan rings is 2. The highest BCUT2D eigenvalue weighted by Gasteiger charge is 2.27. The van der Waals surface area contributed by atoms with Crippen LogP contribution in [-0.4, -0.2) is 22.2 Å². The van der Waals surface area contributed by atoms with Gasteiger partial charge in [0.15, 0.2) is 0 Å². The second-order valence-corrected chi connectivity index (χ2v) is 38.4. The third-order valence-electron chi connectivity index (χ3n) is 29.8. The Hall–Kier alpha value is -18.9. The van der Waals surface area contributed by atoms with Gasteiger partial charge in [0.1, 0.15) is 22.3 Å². The predicted octanol–water partition coefficient (Wildman–Crippen LogP) is 32.7. The molecule has 0 saturated carbocycles. The van der Waals surface area contributed by atoms with Crippen molar-refractivity contribution >= 4 is 249 Å². The molecule has 21 aromatic carbocycles. The van der Waals surface area contributed by atoms with Crippen LogP contribution in [0.5, 0.6) is 0 Å². The van der Waals surface area contributed by atoms with Gasteiger partial charge in [-0.15, -0.1) is 11.3 Å². The van der Waals surface area contributed by atoms with Gasteiger partial charge in [-0.25, -0.2) is 0 Å². The second kappa shape index (κ2) is 30.3. The average Bonchev–Trinajstić information content (AvgIpc) is 1.56. The topological polar surface area (TPSA) is 117 Å². The van der Waals surface area contributed by atoms with Crippen molar-refractivity contribution in [3.05, 3.63) is 484 Å². The van der Waals surface area contributed by atoms with Gasteiger partial charge in [-0.3, -0.25) is 36.8 Å². The van der Waals surface area contributed by atoms with E-state index in [4.69, 9.17) is 8.83 Å². The zero-order chi connectivity index (χ0) is 93.5. The number of thiophene rings is 1. The molecule has 0 bridgehead atoms. The van der Waals surface area contributed by atoms with Crippen LogP contribution in [0.2, 0.25) is 0 Å². The number of rotatable bonds is 5. The van der Waals surface area contributed by atoms with Crippen LogP contribution in [0.3, 0.4) is 0 Å². The van der Waals surface area contributed by atoms with Crippen LogP contribution in [0.4, 0.5) is 0 Å². The molecule has 33 aromatic rings. The van der Waals surface area contributed by atoms with E-state index in [9.17, 15) is 19.2 Å². The first kappa shape index (κ1) is 79.3. The van der Waals surface area contributed by atoms with E-state index >= 15 is 0 Å². The first-order chi connectivity index (χ1) is 70.1. The molecule has 0 saturated heterocycles. The molecule has 0 unspecified atom stereocenters. The monoisotopic (exact) mass is 1830 g/mol. The average molecular weight is 1830 g/mol. The zero-order valence-corrected chi connectivity index (χ0v) is 76.6. The number of hydrogen-bond acceptors (Lipinski definition) is 7. The Labute approximate surface area is 808 Å². The van der Waals surface area contributed by atoms with Crippen LogP contribution in [0.1, 0.15) is 0 Å². The predicted molar refractivity (Wildman–Crippen MR) is 593 cm³/mol. The van der Waals surface area contributed by atoms with Gasteiger partial charge in [0.05, 0.1) is 55.2 Å². The summed E-state index contributed by atoms with van der Waals surface area (Å²) < 4.78 is 25.0. The Morgan fingerprint density at radius 2 is 0.465 bits per heavy atom.